The molecule has 1 saturated carbocycles. The van der Waals surface area contributed by atoms with E-state index in [1.165, 1.54) is 6.92 Å². The molecule has 194 valence electrons. The summed E-state index contributed by atoms with van der Waals surface area (Å²) >= 11 is 0. The highest BCUT2D eigenvalue weighted by Crippen LogP contribution is 2.62. The molecule has 5 aliphatic rings. The number of hydrogen-bond acceptors (Lipinski definition) is 8. The van der Waals surface area contributed by atoms with E-state index in [1.807, 2.05) is 20.0 Å². The lowest BCUT2D eigenvalue weighted by Gasteiger charge is -2.54. The molecule has 0 radical (unpaired) electrons. The Labute approximate surface area is 211 Å². The largest absolute Gasteiger partial charge is 0.458 e. The smallest absolute Gasteiger partial charge is 0.340 e. The monoisotopic (exact) mass is 497 g/mol. The van der Waals surface area contributed by atoms with Crippen LogP contribution >= 0.6 is 0 Å². The molecule has 8 nitrogen and oxygen atoms in total. The summed E-state index contributed by atoms with van der Waals surface area (Å²) in [6.45, 7) is 8.76. The van der Waals surface area contributed by atoms with Gasteiger partial charge < -0.3 is 19.1 Å². The van der Waals surface area contributed by atoms with Gasteiger partial charge in [-0.2, -0.15) is 0 Å². The zero-order valence-corrected chi connectivity index (χ0v) is 21.8. The molecule has 0 aromatic heterocycles. The number of nitrogens with zero attached hydrogens (tertiary/aromatic N) is 1. The molecule has 2 saturated heterocycles. The Morgan fingerprint density at radius 1 is 1.19 bits per heavy atom. The van der Waals surface area contributed by atoms with Gasteiger partial charge in [-0.15, -0.1) is 0 Å². The van der Waals surface area contributed by atoms with Crippen molar-refractivity contribution < 1.29 is 33.4 Å². The van der Waals surface area contributed by atoms with Crippen LogP contribution in [0.3, 0.4) is 0 Å². The van der Waals surface area contributed by atoms with Crippen LogP contribution in [0.2, 0.25) is 0 Å². The Balaban J connectivity index is 1.77. The summed E-state index contributed by atoms with van der Waals surface area (Å²) in [7, 11) is 1.55. The van der Waals surface area contributed by atoms with Gasteiger partial charge in [-0.1, -0.05) is 6.92 Å². The third-order valence-electron chi connectivity index (χ3n) is 9.14. The van der Waals surface area contributed by atoms with E-state index in [1.54, 1.807) is 14.0 Å². The standard InChI is InChI=1S/C28H35NO7/c1-15-23-17(13-29-10-6-7-11-29)26(33)36-21(14-34-5)28(23,4)24-19(35-16(2)30)12-27(3)18(8-9-20(27)31)22(24)25(15)32/h13,18-19,21H,6-12,14H2,1-5H3/b17-13-/t18?,19?,21?,27-,28-/m0/s1. The van der Waals surface area contributed by atoms with Gasteiger partial charge in [0.2, 0.25) is 0 Å². The molecule has 0 aromatic carbocycles. The SMILES string of the molecule is COCC1OC(=O)/C(=C\N2CCCC2)C2=C(C)C(=O)C3=C(C(OC(C)=O)C[C@]4(C)C(=O)CCC34)[C@]21C. The molecular weight excluding hydrogens is 462 g/mol. The van der Waals surface area contributed by atoms with E-state index in [-0.39, 0.29) is 24.1 Å². The molecule has 0 spiro atoms. The Morgan fingerprint density at radius 2 is 1.89 bits per heavy atom. The van der Waals surface area contributed by atoms with E-state index in [2.05, 4.69) is 4.90 Å². The first kappa shape index (κ1) is 24.9. The third-order valence-corrected chi connectivity index (χ3v) is 9.14. The number of methoxy groups -OCH3 is 1. The summed E-state index contributed by atoms with van der Waals surface area (Å²) < 4.78 is 17.4. The first-order valence-corrected chi connectivity index (χ1v) is 12.9. The number of ketones is 2. The highest BCUT2D eigenvalue weighted by atomic mass is 16.6. The van der Waals surface area contributed by atoms with Gasteiger partial charge in [0.05, 0.1) is 17.6 Å². The predicted molar refractivity (Wildman–Crippen MR) is 129 cm³/mol. The number of hydrogen-bond donors (Lipinski definition) is 0. The van der Waals surface area contributed by atoms with Crippen molar-refractivity contribution >= 4 is 23.5 Å². The first-order chi connectivity index (χ1) is 17.0. The normalized spacial score (nSPS) is 37.2. The minimum Gasteiger partial charge on any atom is -0.458 e. The van der Waals surface area contributed by atoms with Gasteiger partial charge in [0.15, 0.2) is 5.78 Å². The number of Topliss-reactive ketones (excluding diaryl/α,β-unsaturated/α-hetero) is 2. The summed E-state index contributed by atoms with van der Waals surface area (Å²) in [6.07, 6.45) is 3.70. The Morgan fingerprint density at radius 3 is 2.53 bits per heavy atom. The van der Waals surface area contributed by atoms with Gasteiger partial charge in [0, 0.05) is 68.6 Å². The lowest BCUT2D eigenvalue weighted by Crippen LogP contribution is -2.56. The second-order valence-electron chi connectivity index (χ2n) is 11.2. The quantitative estimate of drug-likeness (QED) is 0.432. The molecule has 0 bridgehead atoms. The van der Waals surface area contributed by atoms with Crippen molar-refractivity contribution in [3.05, 3.63) is 34.1 Å². The average Bonchev–Trinajstić information content (AvgIpc) is 3.42. The molecule has 0 amide bonds. The number of rotatable bonds is 4. The molecule has 3 aliphatic carbocycles. The molecule has 3 unspecified atom stereocenters. The third kappa shape index (κ3) is 3.44. The minimum atomic E-state index is -0.949. The maximum absolute atomic E-state index is 14.1. The number of carbonyl (C=O) groups excluding carboxylic acids is 4. The summed E-state index contributed by atoms with van der Waals surface area (Å²) in [4.78, 5) is 54.9. The zero-order valence-electron chi connectivity index (χ0n) is 21.8. The van der Waals surface area contributed by atoms with E-state index >= 15 is 0 Å². The Kier molecular flexibility index (Phi) is 6.01. The van der Waals surface area contributed by atoms with Crippen molar-refractivity contribution in [1.82, 2.24) is 4.90 Å². The van der Waals surface area contributed by atoms with Crippen LogP contribution in [0.4, 0.5) is 0 Å². The van der Waals surface area contributed by atoms with Gasteiger partial charge in [-0.05, 0) is 44.3 Å². The molecule has 8 heteroatoms. The number of esters is 2. The number of fused-ring (bicyclic) bond motifs is 4. The van der Waals surface area contributed by atoms with Crippen LogP contribution in [0.1, 0.15) is 59.8 Å². The minimum absolute atomic E-state index is 0.0970. The van der Waals surface area contributed by atoms with E-state index in [0.717, 1.165) is 25.9 Å². The maximum atomic E-state index is 14.1. The summed E-state index contributed by atoms with van der Waals surface area (Å²) in [5.74, 6) is -1.29. The van der Waals surface area contributed by atoms with Crippen LogP contribution in [0.5, 0.6) is 0 Å². The van der Waals surface area contributed by atoms with Gasteiger partial charge in [0.1, 0.15) is 18.0 Å². The Bertz CT molecular complexity index is 1140. The number of allylic oxidation sites excluding steroid dienone is 2. The van der Waals surface area contributed by atoms with Crippen molar-refractivity contribution in [2.24, 2.45) is 16.7 Å². The molecular formula is C28H35NO7. The van der Waals surface area contributed by atoms with E-state index in [0.29, 0.717) is 47.1 Å². The van der Waals surface area contributed by atoms with Crippen LogP contribution in [0.15, 0.2) is 34.1 Å². The van der Waals surface area contributed by atoms with Gasteiger partial charge in [-0.3, -0.25) is 14.4 Å². The highest BCUT2D eigenvalue weighted by molar-refractivity contribution is 6.15. The zero-order chi connectivity index (χ0) is 26.0. The van der Waals surface area contributed by atoms with E-state index in [4.69, 9.17) is 14.2 Å². The summed E-state index contributed by atoms with van der Waals surface area (Å²) in [5, 5.41) is 0. The van der Waals surface area contributed by atoms with Crippen molar-refractivity contribution in [3.63, 3.8) is 0 Å². The number of likely N-dealkylation sites (tertiary alicyclic amines) is 1. The highest BCUT2D eigenvalue weighted by Gasteiger charge is 2.63. The Hall–Kier alpha value is -2.74. The van der Waals surface area contributed by atoms with Gasteiger partial charge >= 0.3 is 11.9 Å². The van der Waals surface area contributed by atoms with Gasteiger partial charge in [-0.25, -0.2) is 4.79 Å². The van der Waals surface area contributed by atoms with Crippen molar-refractivity contribution in [2.45, 2.75) is 72.0 Å². The molecule has 0 N–H and O–H groups in total. The average molecular weight is 498 g/mol. The molecule has 2 heterocycles. The molecule has 0 aromatic rings. The fraction of sp³-hybridized carbons (Fsp3) is 0.643. The van der Waals surface area contributed by atoms with Gasteiger partial charge in [0.25, 0.3) is 0 Å². The lowest BCUT2D eigenvalue weighted by atomic mass is 9.52. The van der Waals surface area contributed by atoms with Crippen LogP contribution in [-0.2, 0) is 33.4 Å². The first-order valence-electron chi connectivity index (χ1n) is 12.9. The lowest BCUT2D eigenvalue weighted by molar-refractivity contribution is -0.160. The van der Waals surface area contributed by atoms with Crippen LogP contribution in [0.25, 0.3) is 0 Å². The van der Waals surface area contributed by atoms with Crippen molar-refractivity contribution in [3.8, 4) is 0 Å². The fourth-order valence-corrected chi connectivity index (χ4v) is 7.43. The molecule has 36 heavy (non-hydrogen) atoms. The predicted octanol–water partition coefficient (Wildman–Crippen LogP) is 3.06. The molecule has 5 atom stereocenters. The van der Waals surface area contributed by atoms with Crippen molar-refractivity contribution in [2.75, 3.05) is 26.8 Å². The summed E-state index contributed by atoms with van der Waals surface area (Å²) in [5.41, 5.74) is 0.994. The number of cyclic esters (lactones) is 1. The molecule has 3 fully saturated rings. The summed E-state index contributed by atoms with van der Waals surface area (Å²) in [6, 6.07) is 0. The van der Waals surface area contributed by atoms with Crippen LogP contribution in [0, 0.1) is 16.7 Å². The molecule has 2 aliphatic heterocycles. The van der Waals surface area contributed by atoms with E-state index < -0.39 is 35.0 Å². The number of ether oxygens (including phenoxy) is 3. The second-order valence-corrected chi connectivity index (χ2v) is 11.2. The fourth-order valence-electron chi connectivity index (χ4n) is 7.43. The second kappa shape index (κ2) is 8.68. The van der Waals surface area contributed by atoms with Crippen molar-refractivity contribution in [1.29, 1.82) is 0 Å². The maximum Gasteiger partial charge on any atom is 0.340 e. The van der Waals surface area contributed by atoms with Crippen LogP contribution in [-0.4, -0.2) is 67.4 Å². The number of carbonyl (C=O) groups is 4. The molecule has 5 rings (SSSR count). The van der Waals surface area contributed by atoms with Crippen LogP contribution < -0.4 is 0 Å². The van der Waals surface area contributed by atoms with E-state index in [9.17, 15) is 19.2 Å². The topological polar surface area (TPSA) is 99.2 Å².